The van der Waals surface area contributed by atoms with E-state index in [9.17, 15) is 9.90 Å². The number of hydrogen-bond acceptors (Lipinski definition) is 3. The van der Waals surface area contributed by atoms with Crippen LogP contribution in [0.1, 0.15) is 28.8 Å². The van der Waals surface area contributed by atoms with Gasteiger partial charge in [-0.05, 0) is 36.5 Å². The third-order valence-electron chi connectivity index (χ3n) is 3.09. The van der Waals surface area contributed by atoms with Crippen LogP contribution in [-0.4, -0.2) is 23.7 Å². The Balaban J connectivity index is 1.76. The molecule has 92 valence electrons. The largest absolute Gasteiger partial charge is 0.392 e. The summed E-state index contributed by atoms with van der Waals surface area (Å²) in [7, 11) is 0. The summed E-state index contributed by atoms with van der Waals surface area (Å²) >= 11 is 0. The van der Waals surface area contributed by atoms with E-state index in [1.807, 2.05) is 12.1 Å². The molecule has 1 saturated carbocycles. The predicted octanol–water partition coefficient (Wildman–Crippen LogP) is 0.646. The SMILES string of the molecule is NC(=O)c1ccc(CNCC(O)C2CC2)cc1. The number of nitrogens with two attached hydrogens (primary N) is 1. The van der Waals surface area contributed by atoms with Crippen LogP contribution in [0.2, 0.25) is 0 Å². The van der Waals surface area contributed by atoms with E-state index in [0.717, 1.165) is 18.4 Å². The molecule has 0 aliphatic heterocycles. The van der Waals surface area contributed by atoms with Gasteiger partial charge < -0.3 is 16.2 Å². The van der Waals surface area contributed by atoms with Crippen molar-refractivity contribution in [1.29, 1.82) is 0 Å². The highest BCUT2D eigenvalue weighted by Gasteiger charge is 2.28. The maximum atomic E-state index is 10.9. The quantitative estimate of drug-likeness (QED) is 0.676. The van der Waals surface area contributed by atoms with E-state index in [2.05, 4.69) is 5.32 Å². The third-order valence-corrected chi connectivity index (χ3v) is 3.09. The standard InChI is InChI=1S/C13H18N2O2/c14-13(17)11-3-1-9(2-4-11)7-15-8-12(16)10-5-6-10/h1-4,10,12,15-16H,5-8H2,(H2,14,17). The van der Waals surface area contributed by atoms with E-state index in [-0.39, 0.29) is 6.10 Å². The molecule has 0 saturated heterocycles. The van der Waals surface area contributed by atoms with Gasteiger partial charge in [-0.25, -0.2) is 0 Å². The summed E-state index contributed by atoms with van der Waals surface area (Å²) in [5.41, 5.74) is 6.76. The second kappa shape index (κ2) is 5.29. The number of benzene rings is 1. The molecule has 1 fully saturated rings. The summed E-state index contributed by atoms with van der Waals surface area (Å²) in [6, 6.07) is 7.18. The maximum Gasteiger partial charge on any atom is 0.248 e. The number of amides is 1. The molecule has 0 heterocycles. The lowest BCUT2D eigenvalue weighted by Crippen LogP contribution is -2.27. The fourth-order valence-electron chi connectivity index (χ4n) is 1.80. The lowest BCUT2D eigenvalue weighted by molar-refractivity contribution is 0.100. The molecule has 1 atom stereocenters. The molecule has 1 aliphatic rings. The highest BCUT2D eigenvalue weighted by atomic mass is 16.3. The Morgan fingerprint density at radius 1 is 1.41 bits per heavy atom. The van der Waals surface area contributed by atoms with Crippen molar-refractivity contribution in [2.75, 3.05) is 6.54 Å². The van der Waals surface area contributed by atoms with E-state index in [0.29, 0.717) is 24.6 Å². The van der Waals surface area contributed by atoms with Crippen LogP contribution < -0.4 is 11.1 Å². The fraction of sp³-hybridized carbons (Fsp3) is 0.462. The summed E-state index contributed by atoms with van der Waals surface area (Å²) in [6.45, 7) is 1.32. The van der Waals surface area contributed by atoms with Crippen LogP contribution >= 0.6 is 0 Å². The number of hydrogen-bond donors (Lipinski definition) is 3. The van der Waals surface area contributed by atoms with Crippen molar-refractivity contribution in [3.8, 4) is 0 Å². The molecular weight excluding hydrogens is 216 g/mol. The lowest BCUT2D eigenvalue weighted by Gasteiger charge is -2.10. The molecule has 0 aromatic heterocycles. The van der Waals surface area contributed by atoms with Crippen LogP contribution in [0.25, 0.3) is 0 Å². The summed E-state index contributed by atoms with van der Waals surface area (Å²) in [4.78, 5) is 10.9. The molecule has 2 rings (SSSR count). The molecule has 0 radical (unpaired) electrons. The average Bonchev–Trinajstić information content (AvgIpc) is 3.13. The molecule has 1 aromatic carbocycles. The number of aliphatic hydroxyl groups excluding tert-OH is 1. The van der Waals surface area contributed by atoms with Gasteiger partial charge in [0.1, 0.15) is 0 Å². The fourth-order valence-corrected chi connectivity index (χ4v) is 1.80. The third kappa shape index (κ3) is 3.54. The minimum absolute atomic E-state index is 0.222. The van der Waals surface area contributed by atoms with Crippen LogP contribution in [0.3, 0.4) is 0 Å². The molecule has 1 amide bonds. The van der Waals surface area contributed by atoms with Crippen LogP contribution in [-0.2, 0) is 6.54 Å². The number of aliphatic hydroxyl groups is 1. The molecule has 0 spiro atoms. The first-order valence-corrected chi connectivity index (χ1v) is 5.94. The molecule has 1 unspecified atom stereocenters. The van der Waals surface area contributed by atoms with Gasteiger partial charge in [0.2, 0.25) is 5.91 Å². The van der Waals surface area contributed by atoms with Gasteiger partial charge in [-0.3, -0.25) is 4.79 Å². The normalized spacial score (nSPS) is 16.8. The van der Waals surface area contributed by atoms with Crippen LogP contribution in [0.5, 0.6) is 0 Å². The number of carbonyl (C=O) groups is 1. The maximum absolute atomic E-state index is 10.9. The van der Waals surface area contributed by atoms with Crippen molar-refractivity contribution >= 4 is 5.91 Å². The molecule has 1 aromatic rings. The Morgan fingerprint density at radius 2 is 2.06 bits per heavy atom. The molecule has 17 heavy (non-hydrogen) atoms. The molecule has 4 heteroatoms. The van der Waals surface area contributed by atoms with Gasteiger partial charge in [0.15, 0.2) is 0 Å². The van der Waals surface area contributed by atoms with Crippen LogP contribution in [0.15, 0.2) is 24.3 Å². The number of carbonyl (C=O) groups excluding carboxylic acids is 1. The first kappa shape index (κ1) is 12.1. The first-order valence-electron chi connectivity index (χ1n) is 5.94. The highest BCUT2D eigenvalue weighted by Crippen LogP contribution is 2.32. The Hall–Kier alpha value is -1.39. The van der Waals surface area contributed by atoms with Crippen molar-refractivity contribution in [1.82, 2.24) is 5.32 Å². The molecule has 1 aliphatic carbocycles. The highest BCUT2D eigenvalue weighted by molar-refractivity contribution is 5.92. The predicted molar refractivity (Wildman–Crippen MR) is 65.4 cm³/mol. The Morgan fingerprint density at radius 3 is 2.59 bits per heavy atom. The van der Waals surface area contributed by atoms with E-state index in [1.54, 1.807) is 12.1 Å². The summed E-state index contributed by atoms with van der Waals surface area (Å²) < 4.78 is 0. The molecular formula is C13H18N2O2. The van der Waals surface area contributed by atoms with Gasteiger partial charge in [0, 0.05) is 18.7 Å². The molecule has 4 N–H and O–H groups in total. The van der Waals surface area contributed by atoms with Crippen molar-refractivity contribution < 1.29 is 9.90 Å². The number of primary amides is 1. The zero-order chi connectivity index (χ0) is 12.3. The second-order valence-corrected chi connectivity index (χ2v) is 4.60. The van der Waals surface area contributed by atoms with E-state index in [4.69, 9.17) is 5.73 Å². The Kier molecular flexibility index (Phi) is 3.76. The lowest BCUT2D eigenvalue weighted by atomic mass is 10.1. The van der Waals surface area contributed by atoms with Crippen molar-refractivity contribution in [2.24, 2.45) is 11.7 Å². The van der Waals surface area contributed by atoms with Crippen molar-refractivity contribution in [3.05, 3.63) is 35.4 Å². The molecule has 4 nitrogen and oxygen atoms in total. The van der Waals surface area contributed by atoms with Gasteiger partial charge in [-0.15, -0.1) is 0 Å². The minimum atomic E-state index is -0.409. The van der Waals surface area contributed by atoms with Gasteiger partial charge >= 0.3 is 0 Å². The number of rotatable bonds is 6. The summed E-state index contributed by atoms with van der Waals surface area (Å²) in [5.74, 6) is 0.0911. The number of nitrogens with one attached hydrogen (secondary N) is 1. The second-order valence-electron chi connectivity index (χ2n) is 4.60. The van der Waals surface area contributed by atoms with Crippen molar-refractivity contribution in [2.45, 2.75) is 25.5 Å². The van der Waals surface area contributed by atoms with Crippen LogP contribution in [0.4, 0.5) is 0 Å². The van der Waals surface area contributed by atoms with Gasteiger partial charge in [-0.1, -0.05) is 12.1 Å². The van der Waals surface area contributed by atoms with Crippen LogP contribution in [0, 0.1) is 5.92 Å². The topological polar surface area (TPSA) is 75.4 Å². The minimum Gasteiger partial charge on any atom is -0.392 e. The zero-order valence-corrected chi connectivity index (χ0v) is 9.73. The van der Waals surface area contributed by atoms with E-state index < -0.39 is 5.91 Å². The smallest absolute Gasteiger partial charge is 0.248 e. The Labute approximate surface area is 101 Å². The van der Waals surface area contributed by atoms with E-state index in [1.165, 1.54) is 0 Å². The van der Waals surface area contributed by atoms with E-state index >= 15 is 0 Å². The summed E-state index contributed by atoms with van der Waals surface area (Å²) in [6.07, 6.45) is 2.08. The summed E-state index contributed by atoms with van der Waals surface area (Å²) in [5, 5.41) is 12.9. The van der Waals surface area contributed by atoms with Gasteiger partial charge in [-0.2, -0.15) is 0 Å². The molecule has 0 bridgehead atoms. The van der Waals surface area contributed by atoms with Gasteiger partial charge in [0.25, 0.3) is 0 Å². The first-order chi connectivity index (χ1) is 8.16. The van der Waals surface area contributed by atoms with Gasteiger partial charge in [0.05, 0.1) is 6.10 Å². The monoisotopic (exact) mass is 234 g/mol. The Bertz CT molecular complexity index is 385. The average molecular weight is 234 g/mol. The zero-order valence-electron chi connectivity index (χ0n) is 9.73. The van der Waals surface area contributed by atoms with Crippen molar-refractivity contribution in [3.63, 3.8) is 0 Å².